The minimum Gasteiger partial charge on any atom is -0.480 e. The van der Waals surface area contributed by atoms with Crippen LogP contribution >= 0.6 is 23.4 Å². The van der Waals surface area contributed by atoms with E-state index in [0.717, 1.165) is 4.90 Å². The zero-order chi connectivity index (χ0) is 17.9. The van der Waals surface area contributed by atoms with E-state index < -0.39 is 11.2 Å². The van der Waals surface area contributed by atoms with E-state index in [1.54, 1.807) is 25.1 Å². The van der Waals surface area contributed by atoms with Gasteiger partial charge in [-0.15, -0.1) is 11.8 Å². The lowest BCUT2D eigenvalue weighted by Crippen LogP contribution is -2.44. The summed E-state index contributed by atoms with van der Waals surface area (Å²) in [6.45, 7) is 3.32. The monoisotopic (exact) mass is 370 g/mol. The highest BCUT2D eigenvalue weighted by molar-refractivity contribution is 8.01. The Bertz CT molecular complexity index is 667. The lowest BCUT2D eigenvalue weighted by molar-refractivity contribution is -0.146. The number of nitrogens with one attached hydrogen (secondary N) is 1. The number of nitrogens with zero attached hydrogens (tertiary/aromatic N) is 1. The third-order valence-corrected chi connectivity index (χ3v) is 5.38. The van der Waals surface area contributed by atoms with Crippen LogP contribution in [0.25, 0.3) is 0 Å². The standard InChI is InChI=1S/C16H19ClN2O4S/c1-3-9(2)19(8-15(21)22)14(20)7-13-16(23)18-11-6-10(17)4-5-12(11)24-13/h4-6,9,13H,3,7-8H2,1-2H3,(H,18,23)(H,21,22). The third-order valence-electron chi connectivity index (χ3n) is 3.87. The molecule has 1 aromatic rings. The molecule has 0 aromatic heterocycles. The smallest absolute Gasteiger partial charge is 0.323 e. The van der Waals surface area contributed by atoms with Gasteiger partial charge < -0.3 is 15.3 Å². The van der Waals surface area contributed by atoms with Crippen molar-refractivity contribution in [2.75, 3.05) is 11.9 Å². The SMILES string of the molecule is CCC(C)N(CC(=O)O)C(=O)CC1Sc2ccc(Cl)cc2NC1=O. The summed E-state index contributed by atoms with van der Waals surface area (Å²) in [6, 6.07) is 4.98. The molecule has 2 amide bonds. The maximum absolute atomic E-state index is 12.5. The van der Waals surface area contributed by atoms with E-state index in [4.69, 9.17) is 16.7 Å². The fraction of sp³-hybridized carbons (Fsp3) is 0.438. The molecule has 0 saturated carbocycles. The first kappa shape index (κ1) is 18.6. The van der Waals surface area contributed by atoms with Crippen molar-refractivity contribution in [1.82, 2.24) is 4.90 Å². The van der Waals surface area contributed by atoms with Gasteiger partial charge in [-0.25, -0.2) is 0 Å². The van der Waals surface area contributed by atoms with Crippen LogP contribution in [0, 0.1) is 0 Å². The van der Waals surface area contributed by atoms with Crippen molar-refractivity contribution in [1.29, 1.82) is 0 Å². The number of benzene rings is 1. The predicted octanol–water partition coefficient (Wildman–Crippen LogP) is 2.85. The average Bonchev–Trinajstić information content (AvgIpc) is 2.52. The molecule has 0 bridgehead atoms. The highest BCUT2D eigenvalue weighted by Crippen LogP contribution is 2.38. The number of aliphatic carboxylic acids is 1. The molecule has 1 heterocycles. The van der Waals surface area contributed by atoms with Crippen LogP contribution in [0.1, 0.15) is 26.7 Å². The quantitative estimate of drug-likeness (QED) is 0.804. The fourth-order valence-corrected chi connectivity index (χ4v) is 3.64. The number of carboxylic acid groups (broad SMARTS) is 1. The number of fused-ring (bicyclic) bond motifs is 1. The van der Waals surface area contributed by atoms with Crippen LogP contribution in [0.3, 0.4) is 0 Å². The number of thioether (sulfide) groups is 1. The van der Waals surface area contributed by atoms with Crippen molar-refractivity contribution in [3.05, 3.63) is 23.2 Å². The summed E-state index contributed by atoms with van der Waals surface area (Å²) in [5, 5.41) is 11.7. The second-order valence-corrected chi connectivity index (χ2v) is 7.29. The molecule has 0 fully saturated rings. The summed E-state index contributed by atoms with van der Waals surface area (Å²) in [5.41, 5.74) is 0.630. The van der Waals surface area contributed by atoms with Crippen LogP contribution in [0.15, 0.2) is 23.1 Å². The average molecular weight is 371 g/mol. The van der Waals surface area contributed by atoms with E-state index in [1.165, 1.54) is 16.7 Å². The minimum absolute atomic E-state index is 0.0454. The Kier molecular flexibility index (Phi) is 6.12. The molecule has 0 aliphatic carbocycles. The molecular formula is C16H19ClN2O4S. The molecule has 2 unspecified atom stereocenters. The van der Waals surface area contributed by atoms with Gasteiger partial charge in [-0.05, 0) is 31.5 Å². The van der Waals surface area contributed by atoms with Crippen molar-refractivity contribution in [2.45, 2.75) is 42.9 Å². The van der Waals surface area contributed by atoms with Gasteiger partial charge in [-0.3, -0.25) is 14.4 Å². The van der Waals surface area contributed by atoms with Crippen LogP contribution < -0.4 is 5.32 Å². The second kappa shape index (κ2) is 7.90. The van der Waals surface area contributed by atoms with Gasteiger partial charge in [-0.2, -0.15) is 0 Å². The Morgan fingerprint density at radius 1 is 1.46 bits per heavy atom. The lowest BCUT2D eigenvalue weighted by atomic mass is 10.1. The summed E-state index contributed by atoms with van der Waals surface area (Å²) in [5.74, 6) is -1.68. The van der Waals surface area contributed by atoms with Crippen molar-refractivity contribution >= 4 is 46.8 Å². The van der Waals surface area contributed by atoms with Gasteiger partial charge in [0.1, 0.15) is 6.54 Å². The molecule has 0 spiro atoms. The Morgan fingerprint density at radius 3 is 2.79 bits per heavy atom. The van der Waals surface area contributed by atoms with Crippen LogP contribution in [-0.2, 0) is 14.4 Å². The van der Waals surface area contributed by atoms with Gasteiger partial charge in [0.2, 0.25) is 11.8 Å². The molecule has 24 heavy (non-hydrogen) atoms. The minimum atomic E-state index is -1.07. The first-order valence-electron chi connectivity index (χ1n) is 7.60. The number of carbonyl (C=O) groups excluding carboxylic acids is 2. The van der Waals surface area contributed by atoms with Crippen molar-refractivity contribution in [3.63, 3.8) is 0 Å². The third kappa shape index (κ3) is 4.42. The molecule has 8 heteroatoms. The summed E-state index contributed by atoms with van der Waals surface area (Å²) in [4.78, 5) is 37.9. The molecule has 0 saturated heterocycles. The highest BCUT2D eigenvalue weighted by atomic mass is 35.5. The number of hydrogen-bond acceptors (Lipinski definition) is 4. The van der Waals surface area contributed by atoms with Gasteiger partial charge in [0.05, 0.1) is 10.9 Å². The van der Waals surface area contributed by atoms with Gasteiger partial charge in [0, 0.05) is 22.4 Å². The van der Waals surface area contributed by atoms with E-state index in [1.807, 2.05) is 6.92 Å². The van der Waals surface area contributed by atoms with Gasteiger partial charge in [0.15, 0.2) is 0 Å². The zero-order valence-corrected chi connectivity index (χ0v) is 15.0. The molecule has 2 rings (SSSR count). The van der Waals surface area contributed by atoms with Crippen molar-refractivity contribution in [3.8, 4) is 0 Å². The van der Waals surface area contributed by atoms with Gasteiger partial charge in [0.25, 0.3) is 0 Å². The van der Waals surface area contributed by atoms with E-state index >= 15 is 0 Å². The zero-order valence-electron chi connectivity index (χ0n) is 13.4. The van der Waals surface area contributed by atoms with Crippen LogP contribution in [0.4, 0.5) is 5.69 Å². The topological polar surface area (TPSA) is 86.7 Å². The van der Waals surface area contributed by atoms with E-state index in [0.29, 0.717) is 17.1 Å². The lowest BCUT2D eigenvalue weighted by Gasteiger charge is -2.30. The molecule has 130 valence electrons. The largest absolute Gasteiger partial charge is 0.480 e. The number of carboxylic acids is 1. The maximum atomic E-state index is 12.5. The molecule has 6 nitrogen and oxygen atoms in total. The number of anilines is 1. The molecule has 2 N–H and O–H groups in total. The first-order valence-corrected chi connectivity index (χ1v) is 8.86. The number of hydrogen-bond donors (Lipinski definition) is 2. The Labute approximate surface area is 149 Å². The second-order valence-electron chi connectivity index (χ2n) is 5.61. The molecule has 1 aliphatic rings. The maximum Gasteiger partial charge on any atom is 0.323 e. The molecule has 1 aliphatic heterocycles. The van der Waals surface area contributed by atoms with E-state index in [-0.39, 0.29) is 30.8 Å². The van der Waals surface area contributed by atoms with Gasteiger partial charge >= 0.3 is 5.97 Å². The normalized spacial score (nSPS) is 17.6. The van der Waals surface area contributed by atoms with Crippen molar-refractivity contribution in [2.24, 2.45) is 0 Å². The Balaban J connectivity index is 2.11. The van der Waals surface area contributed by atoms with Crippen LogP contribution in [0.5, 0.6) is 0 Å². The molecule has 1 aromatic carbocycles. The summed E-state index contributed by atoms with van der Waals surface area (Å²) in [6.07, 6.45) is 0.598. The molecule has 0 radical (unpaired) electrons. The first-order chi connectivity index (χ1) is 11.3. The summed E-state index contributed by atoms with van der Waals surface area (Å²) < 4.78 is 0. The van der Waals surface area contributed by atoms with Gasteiger partial charge in [-0.1, -0.05) is 18.5 Å². The summed E-state index contributed by atoms with van der Waals surface area (Å²) in [7, 11) is 0. The summed E-state index contributed by atoms with van der Waals surface area (Å²) >= 11 is 7.20. The Hall–Kier alpha value is -1.73. The van der Waals surface area contributed by atoms with E-state index in [9.17, 15) is 14.4 Å². The predicted molar refractivity (Wildman–Crippen MR) is 93.4 cm³/mol. The fourth-order valence-electron chi connectivity index (χ4n) is 2.39. The van der Waals surface area contributed by atoms with Crippen molar-refractivity contribution < 1.29 is 19.5 Å². The molecule has 2 atom stereocenters. The molecular weight excluding hydrogens is 352 g/mol. The van der Waals surface area contributed by atoms with Crippen LogP contribution in [-0.4, -0.2) is 45.6 Å². The van der Waals surface area contributed by atoms with E-state index in [2.05, 4.69) is 5.32 Å². The highest BCUT2D eigenvalue weighted by Gasteiger charge is 2.32. The van der Waals surface area contributed by atoms with Crippen LogP contribution in [0.2, 0.25) is 5.02 Å². The Morgan fingerprint density at radius 2 is 2.17 bits per heavy atom. The number of halogens is 1. The number of amides is 2. The number of rotatable bonds is 6. The number of carbonyl (C=O) groups is 3.